The van der Waals surface area contributed by atoms with E-state index in [-0.39, 0.29) is 6.10 Å². The minimum absolute atomic E-state index is 0.232. The highest BCUT2D eigenvalue weighted by Crippen LogP contribution is 2.29. The van der Waals surface area contributed by atoms with Gasteiger partial charge in [-0.3, -0.25) is 0 Å². The molecule has 0 radical (unpaired) electrons. The number of piperidine rings is 1. The number of likely N-dealkylation sites (tertiary alicyclic amines) is 1. The third-order valence-corrected chi connectivity index (χ3v) is 3.19. The highest BCUT2D eigenvalue weighted by atomic mass is 16.3. The van der Waals surface area contributed by atoms with Gasteiger partial charge in [-0.05, 0) is 45.3 Å². The Hall–Kier alpha value is -0.120. The maximum absolute atomic E-state index is 9.14. The molecule has 1 aliphatic heterocycles. The highest BCUT2D eigenvalue weighted by molar-refractivity contribution is 4.83. The molecule has 0 saturated carbocycles. The summed E-state index contributed by atoms with van der Waals surface area (Å²) >= 11 is 0. The number of nitrogens with zero attached hydrogens (tertiary/aromatic N) is 1. The lowest BCUT2D eigenvalue weighted by atomic mass is 9.80. The van der Waals surface area contributed by atoms with Gasteiger partial charge in [0.25, 0.3) is 0 Å². The molecule has 0 spiro atoms. The molecule has 0 bridgehead atoms. The monoisotopic (exact) mass is 200 g/mol. The molecule has 2 N–H and O–H groups in total. The summed E-state index contributed by atoms with van der Waals surface area (Å²) in [6.45, 7) is 8.32. The SMILES string of the molecule is CC(O)CNCC1(C)CCN(C)CC1. The standard InChI is InChI=1S/C11H24N2O/c1-10(14)8-12-9-11(2)4-6-13(3)7-5-11/h10,12,14H,4-9H2,1-3H3. The molecule has 1 aliphatic rings. The van der Waals surface area contributed by atoms with Crippen LogP contribution in [0.15, 0.2) is 0 Å². The van der Waals surface area contributed by atoms with Gasteiger partial charge in [0.2, 0.25) is 0 Å². The number of rotatable bonds is 4. The minimum atomic E-state index is -0.232. The van der Waals surface area contributed by atoms with Crippen LogP contribution in [-0.4, -0.2) is 49.3 Å². The zero-order chi connectivity index (χ0) is 10.6. The van der Waals surface area contributed by atoms with Crippen LogP contribution in [0.25, 0.3) is 0 Å². The van der Waals surface area contributed by atoms with E-state index in [1.807, 2.05) is 6.92 Å². The molecule has 0 aliphatic carbocycles. The second-order valence-corrected chi connectivity index (χ2v) is 5.09. The molecule has 0 aromatic carbocycles. The Balaban J connectivity index is 2.21. The molecule has 1 saturated heterocycles. The first kappa shape index (κ1) is 12.0. The topological polar surface area (TPSA) is 35.5 Å². The van der Waals surface area contributed by atoms with E-state index in [0.717, 1.165) is 6.54 Å². The molecule has 1 atom stereocenters. The lowest BCUT2D eigenvalue weighted by Crippen LogP contribution is -2.43. The summed E-state index contributed by atoms with van der Waals surface area (Å²) in [5.41, 5.74) is 0.432. The van der Waals surface area contributed by atoms with Crippen LogP contribution in [0.4, 0.5) is 0 Å². The van der Waals surface area contributed by atoms with Crippen molar-refractivity contribution in [1.82, 2.24) is 10.2 Å². The molecule has 3 heteroatoms. The Morgan fingerprint density at radius 3 is 2.50 bits per heavy atom. The van der Waals surface area contributed by atoms with E-state index in [0.29, 0.717) is 12.0 Å². The van der Waals surface area contributed by atoms with Crippen molar-refractivity contribution in [3.8, 4) is 0 Å². The van der Waals surface area contributed by atoms with E-state index in [2.05, 4.69) is 24.2 Å². The molecule has 1 rings (SSSR count). The van der Waals surface area contributed by atoms with Crippen LogP contribution in [0.5, 0.6) is 0 Å². The van der Waals surface area contributed by atoms with Gasteiger partial charge in [0, 0.05) is 13.1 Å². The van der Waals surface area contributed by atoms with Crippen molar-refractivity contribution < 1.29 is 5.11 Å². The first-order valence-electron chi connectivity index (χ1n) is 5.59. The quantitative estimate of drug-likeness (QED) is 0.701. The predicted molar refractivity (Wildman–Crippen MR) is 59.4 cm³/mol. The molecule has 14 heavy (non-hydrogen) atoms. The van der Waals surface area contributed by atoms with Crippen LogP contribution in [0, 0.1) is 5.41 Å². The molecular formula is C11H24N2O. The zero-order valence-corrected chi connectivity index (χ0v) is 9.71. The molecule has 1 fully saturated rings. The first-order valence-corrected chi connectivity index (χ1v) is 5.59. The van der Waals surface area contributed by atoms with Crippen molar-refractivity contribution >= 4 is 0 Å². The van der Waals surface area contributed by atoms with Gasteiger partial charge in [-0.25, -0.2) is 0 Å². The number of aliphatic hydroxyl groups is 1. The molecular weight excluding hydrogens is 176 g/mol. The number of nitrogens with one attached hydrogen (secondary N) is 1. The molecule has 0 amide bonds. The van der Waals surface area contributed by atoms with Gasteiger partial charge in [0.05, 0.1) is 6.10 Å². The Bertz CT molecular complexity index is 163. The Kier molecular flexibility index (Phi) is 4.35. The third kappa shape index (κ3) is 3.95. The molecule has 84 valence electrons. The summed E-state index contributed by atoms with van der Waals surface area (Å²) in [5.74, 6) is 0. The van der Waals surface area contributed by atoms with Crippen molar-refractivity contribution in [1.29, 1.82) is 0 Å². The maximum Gasteiger partial charge on any atom is 0.0636 e. The average Bonchev–Trinajstić information content (AvgIpc) is 2.10. The van der Waals surface area contributed by atoms with E-state index in [4.69, 9.17) is 5.11 Å². The van der Waals surface area contributed by atoms with Crippen molar-refractivity contribution in [2.24, 2.45) is 5.41 Å². The fraction of sp³-hybridized carbons (Fsp3) is 1.00. The Labute approximate surface area is 87.5 Å². The second kappa shape index (κ2) is 5.10. The number of aliphatic hydroxyl groups excluding tert-OH is 1. The van der Waals surface area contributed by atoms with Gasteiger partial charge >= 0.3 is 0 Å². The lowest BCUT2D eigenvalue weighted by molar-refractivity contribution is 0.127. The van der Waals surface area contributed by atoms with Crippen LogP contribution in [0.3, 0.4) is 0 Å². The first-order chi connectivity index (χ1) is 6.52. The minimum Gasteiger partial charge on any atom is -0.392 e. The molecule has 0 aromatic heterocycles. The Morgan fingerprint density at radius 2 is 2.00 bits per heavy atom. The normalized spacial score (nSPS) is 24.9. The predicted octanol–water partition coefficient (Wildman–Crippen LogP) is 0.689. The van der Waals surface area contributed by atoms with E-state index < -0.39 is 0 Å². The highest BCUT2D eigenvalue weighted by Gasteiger charge is 2.28. The summed E-state index contributed by atoms with van der Waals surface area (Å²) < 4.78 is 0. The van der Waals surface area contributed by atoms with Crippen molar-refractivity contribution in [3.05, 3.63) is 0 Å². The maximum atomic E-state index is 9.14. The second-order valence-electron chi connectivity index (χ2n) is 5.09. The van der Waals surface area contributed by atoms with Gasteiger partial charge in [-0.2, -0.15) is 0 Å². The van der Waals surface area contributed by atoms with Gasteiger partial charge < -0.3 is 15.3 Å². The fourth-order valence-corrected chi connectivity index (χ4v) is 1.92. The van der Waals surface area contributed by atoms with E-state index in [1.165, 1.54) is 25.9 Å². The molecule has 1 unspecified atom stereocenters. The van der Waals surface area contributed by atoms with Crippen LogP contribution in [0.1, 0.15) is 26.7 Å². The summed E-state index contributed by atoms with van der Waals surface area (Å²) in [6.07, 6.45) is 2.29. The van der Waals surface area contributed by atoms with Gasteiger partial charge in [-0.15, -0.1) is 0 Å². The van der Waals surface area contributed by atoms with Crippen LogP contribution < -0.4 is 5.32 Å². The van der Waals surface area contributed by atoms with E-state index in [9.17, 15) is 0 Å². The summed E-state index contributed by atoms with van der Waals surface area (Å²) in [7, 11) is 2.18. The third-order valence-electron chi connectivity index (χ3n) is 3.19. The number of hydrogen-bond acceptors (Lipinski definition) is 3. The van der Waals surface area contributed by atoms with Gasteiger partial charge in [0.15, 0.2) is 0 Å². The fourth-order valence-electron chi connectivity index (χ4n) is 1.92. The zero-order valence-electron chi connectivity index (χ0n) is 9.71. The average molecular weight is 200 g/mol. The number of hydrogen-bond donors (Lipinski definition) is 2. The van der Waals surface area contributed by atoms with Crippen molar-refractivity contribution in [3.63, 3.8) is 0 Å². The summed E-state index contributed by atoms with van der Waals surface area (Å²) in [6, 6.07) is 0. The van der Waals surface area contributed by atoms with Crippen molar-refractivity contribution in [2.75, 3.05) is 33.2 Å². The summed E-state index contributed by atoms with van der Waals surface area (Å²) in [5, 5.41) is 12.5. The van der Waals surface area contributed by atoms with E-state index in [1.54, 1.807) is 0 Å². The van der Waals surface area contributed by atoms with Crippen LogP contribution >= 0.6 is 0 Å². The van der Waals surface area contributed by atoms with E-state index >= 15 is 0 Å². The summed E-state index contributed by atoms with van der Waals surface area (Å²) in [4.78, 5) is 2.39. The van der Waals surface area contributed by atoms with Gasteiger partial charge in [-0.1, -0.05) is 6.92 Å². The van der Waals surface area contributed by atoms with Crippen LogP contribution in [0.2, 0.25) is 0 Å². The van der Waals surface area contributed by atoms with Gasteiger partial charge in [0.1, 0.15) is 0 Å². The lowest BCUT2D eigenvalue weighted by Gasteiger charge is -2.38. The largest absolute Gasteiger partial charge is 0.392 e. The molecule has 0 aromatic rings. The Morgan fingerprint density at radius 1 is 1.43 bits per heavy atom. The van der Waals surface area contributed by atoms with Crippen LogP contribution in [-0.2, 0) is 0 Å². The molecule has 1 heterocycles. The molecule has 3 nitrogen and oxygen atoms in total. The smallest absolute Gasteiger partial charge is 0.0636 e. The van der Waals surface area contributed by atoms with Crippen molar-refractivity contribution in [2.45, 2.75) is 32.8 Å².